The van der Waals surface area contributed by atoms with Crippen molar-refractivity contribution in [2.45, 2.75) is 55.6 Å². The lowest BCUT2D eigenvalue weighted by atomic mass is 9.95. The fourth-order valence-electron chi connectivity index (χ4n) is 2.94. The van der Waals surface area contributed by atoms with Crippen molar-refractivity contribution in [3.8, 4) is 0 Å². The van der Waals surface area contributed by atoms with E-state index < -0.39 is 0 Å². The van der Waals surface area contributed by atoms with Gasteiger partial charge in [0.25, 0.3) is 0 Å². The summed E-state index contributed by atoms with van der Waals surface area (Å²) >= 11 is 1.54. The Hall–Kier alpha value is -2.02. The topological polar surface area (TPSA) is 85.8 Å². The predicted molar refractivity (Wildman–Crippen MR) is 95.5 cm³/mol. The van der Waals surface area contributed by atoms with Crippen LogP contribution in [0.1, 0.15) is 37.7 Å². The van der Waals surface area contributed by atoms with Crippen LogP contribution >= 0.6 is 11.8 Å². The third kappa shape index (κ3) is 4.50. The molecule has 0 saturated heterocycles. The molecule has 1 saturated carbocycles. The molecule has 1 heterocycles. The summed E-state index contributed by atoms with van der Waals surface area (Å²) in [6.07, 6.45) is 5.79. The van der Waals surface area contributed by atoms with E-state index in [-0.39, 0.29) is 18.4 Å². The minimum atomic E-state index is -0.0186. The van der Waals surface area contributed by atoms with E-state index in [0.29, 0.717) is 11.2 Å². The van der Waals surface area contributed by atoms with Gasteiger partial charge in [0.05, 0.1) is 0 Å². The first-order valence-electron chi connectivity index (χ1n) is 8.37. The molecule has 1 amide bonds. The van der Waals surface area contributed by atoms with Crippen LogP contribution < -0.4 is 11.1 Å². The van der Waals surface area contributed by atoms with E-state index in [1.807, 2.05) is 18.2 Å². The van der Waals surface area contributed by atoms with Gasteiger partial charge in [-0.05, 0) is 18.4 Å². The second-order valence-corrected chi connectivity index (χ2v) is 7.05. The molecule has 128 valence electrons. The van der Waals surface area contributed by atoms with E-state index in [1.54, 1.807) is 4.57 Å². The number of benzene rings is 1. The zero-order valence-corrected chi connectivity index (χ0v) is 14.5. The van der Waals surface area contributed by atoms with Gasteiger partial charge in [0.2, 0.25) is 11.9 Å². The molecule has 6 nitrogen and oxygen atoms in total. The van der Waals surface area contributed by atoms with Gasteiger partial charge in [-0.2, -0.15) is 0 Å². The number of nitrogens with zero attached hydrogens (tertiary/aromatic N) is 3. The number of nitrogen functional groups attached to an aromatic ring is 1. The molecular formula is C17H23N5OS. The maximum absolute atomic E-state index is 12.3. The summed E-state index contributed by atoms with van der Waals surface area (Å²) in [6.45, 7) is 0.173. The molecule has 24 heavy (non-hydrogen) atoms. The summed E-state index contributed by atoms with van der Waals surface area (Å²) in [5.41, 5.74) is 7.08. The Balaban J connectivity index is 1.58. The van der Waals surface area contributed by atoms with E-state index in [0.717, 1.165) is 18.6 Å². The molecular weight excluding hydrogens is 322 g/mol. The molecule has 0 spiro atoms. The van der Waals surface area contributed by atoms with Crippen LogP contribution in [-0.4, -0.2) is 26.7 Å². The van der Waals surface area contributed by atoms with E-state index in [4.69, 9.17) is 5.73 Å². The van der Waals surface area contributed by atoms with Crippen LogP contribution in [-0.2, 0) is 17.1 Å². The number of rotatable bonds is 6. The summed E-state index contributed by atoms with van der Waals surface area (Å²) in [4.78, 5) is 12.3. The Morgan fingerprint density at radius 3 is 2.71 bits per heavy atom. The van der Waals surface area contributed by atoms with Gasteiger partial charge in [-0.25, -0.2) is 0 Å². The fourth-order valence-corrected chi connectivity index (χ4v) is 3.84. The largest absolute Gasteiger partial charge is 0.368 e. The molecule has 1 aromatic carbocycles. The SMILES string of the molecule is Nc1nnc(SCc2ccccc2)n1CC(=O)NC1CCCCC1. The number of aromatic nitrogens is 3. The summed E-state index contributed by atoms with van der Waals surface area (Å²) in [6, 6.07) is 10.4. The zero-order valence-electron chi connectivity index (χ0n) is 13.6. The molecule has 0 bridgehead atoms. The first-order valence-corrected chi connectivity index (χ1v) is 9.35. The minimum absolute atomic E-state index is 0.0186. The molecule has 1 fully saturated rings. The molecule has 3 rings (SSSR count). The van der Waals surface area contributed by atoms with Crippen molar-refractivity contribution in [2.24, 2.45) is 0 Å². The number of anilines is 1. The fraction of sp³-hybridized carbons (Fsp3) is 0.471. The van der Waals surface area contributed by atoms with Gasteiger partial charge in [-0.3, -0.25) is 9.36 Å². The van der Waals surface area contributed by atoms with Gasteiger partial charge < -0.3 is 11.1 Å². The zero-order chi connectivity index (χ0) is 16.8. The third-order valence-electron chi connectivity index (χ3n) is 4.23. The first-order chi connectivity index (χ1) is 11.7. The van der Waals surface area contributed by atoms with E-state index in [1.165, 1.54) is 36.6 Å². The van der Waals surface area contributed by atoms with Gasteiger partial charge in [-0.1, -0.05) is 61.4 Å². The summed E-state index contributed by atoms with van der Waals surface area (Å²) in [7, 11) is 0. The lowest BCUT2D eigenvalue weighted by Crippen LogP contribution is -2.38. The number of hydrogen-bond donors (Lipinski definition) is 2. The van der Waals surface area contributed by atoms with Crippen molar-refractivity contribution >= 4 is 23.6 Å². The highest BCUT2D eigenvalue weighted by Gasteiger charge is 2.18. The molecule has 7 heteroatoms. The maximum Gasteiger partial charge on any atom is 0.240 e. The van der Waals surface area contributed by atoms with E-state index in [9.17, 15) is 4.79 Å². The molecule has 2 aromatic rings. The second kappa shape index (κ2) is 8.19. The number of amides is 1. The smallest absolute Gasteiger partial charge is 0.240 e. The van der Waals surface area contributed by atoms with Crippen molar-refractivity contribution in [3.63, 3.8) is 0 Å². The Bertz CT molecular complexity index is 667. The molecule has 0 atom stereocenters. The van der Waals surface area contributed by atoms with Crippen LogP contribution in [0.25, 0.3) is 0 Å². The van der Waals surface area contributed by atoms with E-state index in [2.05, 4.69) is 27.6 Å². The van der Waals surface area contributed by atoms with Gasteiger partial charge in [0.15, 0.2) is 5.16 Å². The highest BCUT2D eigenvalue weighted by Crippen LogP contribution is 2.23. The molecule has 3 N–H and O–H groups in total. The molecule has 1 aliphatic carbocycles. The van der Waals surface area contributed by atoms with Crippen LogP contribution in [0.3, 0.4) is 0 Å². The highest BCUT2D eigenvalue weighted by atomic mass is 32.2. The monoisotopic (exact) mass is 345 g/mol. The number of nitrogens with two attached hydrogens (primary N) is 1. The van der Waals surface area contributed by atoms with Crippen molar-refractivity contribution in [1.29, 1.82) is 0 Å². The Labute approximate surface area is 146 Å². The standard InChI is InChI=1S/C17H23N5OS/c18-16-20-21-17(24-12-13-7-3-1-4-8-13)22(16)11-15(23)19-14-9-5-2-6-10-14/h1,3-4,7-8,14H,2,5-6,9-12H2,(H2,18,20)(H,19,23). The van der Waals surface area contributed by atoms with Crippen LogP contribution in [0.5, 0.6) is 0 Å². The summed E-state index contributed by atoms with van der Waals surface area (Å²) < 4.78 is 1.69. The predicted octanol–water partition coefficient (Wildman–Crippen LogP) is 2.60. The van der Waals surface area contributed by atoms with Crippen LogP contribution in [0, 0.1) is 0 Å². The molecule has 1 aromatic heterocycles. The minimum Gasteiger partial charge on any atom is -0.368 e. The van der Waals surface area contributed by atoms with E-state index >= 15 is 0 Å². The third-order valence-corrected chi connectivity index (χ3v) is 5.27. The quantitative estimate of drug-likeness (QED) is 0.786. The Morgan fingerprint density at radius 1 is 1.21 bits per heavy atom. The first kappa shape index (κ1) is 16.8. The molecule has 0 aliphatic heterocycles. The highest BCUT2D eigenvalue weighted by molar-refractivity contribution is 7.98. The lowest BCUT2D eigenvalue weighted by molar-refractivity contribution is -0.122. The van der Waals surface area contributed by atoms with Crippen LogP contribution in [0.4, 0.5) is 5.95 Å². The van der Waals surface area contributed by atoms with Crippen molar-refractivity contribution in [3.05, 3.63) is 35.9 Å². The Kier molecular flexibility index (Phi) is 5.74. The summed E-state index contributed by atoms with van der Waals surface area (Å²) in [5, 5.41) is 11.8. The molecule has 1 aliphatic rings. The van der Waals surface area contributed by atoms with Gasteiger partial charge in [-0.15, -0.1) is 10.2 Å². The number of nitrogens with one attached hydrogen (secondary N) is 1. The van der Waals surface area contributed by atoms with Crippen molar-refractivity contribution in [1.82, 2.24) is 20.1 Å². The number of thioether (sulfide) groups is 1. The van der Waals surface area contributed by atoms with Crippen molar-refractivity contribution < 1.29 is 4.79 Å². The number of hydrogen-bond acceptors (Lipinski definition) is 5. The Morgan fingerprint density at radius 2 is 1.96 bits per heavy atom. The number of carbonyl (C=O) groups excluding carboxylic acids is 1. The molecule has 0 unspecified atom stereocenters. The lowest BCUT2D eigenvalue weighted by Gasteiger charge is -2.23. The molecule has 0 radical (unpaired) electrons. The second-order valence-electron chi connectivity index (χ2n) is 6.10. The van der Waals surface area contributed by atoms with Crippen molar-refractivity contribution in [2.75, 3.05) is 5.73 Å². The summed E-state index contributed by atoms with van der Waals surface area (Å²) in [5.74, 6) is 1.03. The van der Waals surface area contributed by atoms with Gasteiger partial charge >= 0.3 is 0 Å². The van der Waals surface area contributed by atoms with Crippen LogP contribution in [0.15, 0.2) is 35.5 Å². The average molecular weight is 345 g/mol. The van der Waals surface area contributed by atoms with Gasteiger partial charge in [0, 0.05) is 11.8 Å². The van der Waals surface area contributed by atoms with Gasteiger partial charge in [0.1, 0.15) is 6.54 Å². The maximum atomic E-state index is 12.3. The average Bonchev–Trinajstić information content (AvgIpc) is 2.95. The number of carbonyl (C=O) groups is 1. The van der Waals surface area contributed by atoms with Crippen LogP contribution in [0.2, 0.25) is 0 Å². The normalized spacial score (nSPS) is 15.3.